The fourth-order valence-electron chi connectivity index (χ4n) is 5.48. The van der Waals surface area contributed by atoms with Gasteiger partial charge in [0.15, 0.2) is 0 Å². The summed E-state index contributed by atoms with van der Waals surface area (Å²) < 4.78 is 32.3. The molecule has 2 amide bonds. The molecule has 4 N–H and O–H groups in total. The van der Waals surface area contributed by atoms with Gasteiger partial charge in [-0.1, -0.05) is 59.9 Å². The number of carbonyl (C=O) groups is 4. The monoisotopic (exact) mass is 707 g/mol. The number of ether oxygens (including phenoxy) is 6. The van der Waals surface area contributed by atoms with Crippen LogP contribution in [0.2, 0.25) is 0 Å². The lowest BCUT2D eigenvalue weighted by atomic mass is 9.83. The molecule has 284 valence electrons. The Kier molecular flexibility index (Phi) is 21.7. The maximum atomic E-state index is 12.2. The Labute approximate surface area is 298 Å². The zero-order valence-corrected chi connectivity index (χ0v) is 31.1. The van der Waals surface area contributed by atoms with Crippen molar-refractivity contribution in [3.8, 4) is 0 Å². The van der Waals surface area contributed by atoms with E-state index in [0.29, 0.717) is 24.2 Å². The summed E-state index contributed by atoms with van der Waals surface area (Å²) in [6.45, 7) is 21.5. The van der Waals surface area contributed by atoms with Gasteiger partial charge in [0.05, 0.1) is 49.7 Å². The van der Waals surface area contributed by atoms with Crippen LogP contribution in [-0.4, -0.2) is 93.1 Å². The van der Waals surface area contributed by atoms with Crippen LogP contribution >= 0.6 is 0 Å². The standard InChI is InChI=1S/C19H31NO5.C18H30N2O5/c1-6-10-24-19(22)20-16-11-14(18(21)23-9-4)12-17(13(16)5)25-15(7-2)8-3;1-5-9-24-18(22)20-14-10-12(17(21)23-8-4)11-15(16(14)19)25-13(6-2)7-3/h6,12-13,15-17H,1,7-11H2,2-5H3,(H,20,22);5,11,13-16H,1,6-10,19H2,2-4H3,(H,20,22)/t13-,16+,17-;14-,15+,16+/m10/s1. The first kappa shape index (κ1) is 44.3. The molecule has 0 radical (unpaired) electrons. The summed E-state index contributed by atoms with van der Waals surface area (Å²) in [5, 5.41) is 5.54. The molecule has 0 unspecified atom stereocenters. The molecule has 0 aromatic carbocycles. The summed E-state index contributed by atoms with van der Waals surface area (Å²) in [4.78, 5) is 48.1. The highest BCUT2D eigenvalue weighted by Crippen LogP contribution is 2.29. The van der Waals surface area contributed by atoms with Crippen LogP contribution in [-0.2, 0) is 38.0 Å². The molecule has 50 heavy (non-hydrogen) atoms. The van der Waals surface area contributed by atoms with Gasteiger partial charge in [-0.05, 0) is 51.7 Å². The van der Waals surface area contributed by atoms with Crippen LogP contribution in [0.4, 0.5) is 9.59 Å². The van der Waals surface area contributed by atoms with Gasteiger partial charge in [0.1, 0.15) is 13.2 Å². The SMILES string of the molecule is C=CCOC(=O)N[C@H]1CC(C(=O)OCC)=C[C@@H](OC(CC)CC)[C@@H]1C.C=CCOC(=O)N[C@H]1CC(C(=O)OCC)=C[C@@H](OC(CC)CC)[C@@H]1N. The minimum Gasteiger partial charge on any atom is -0.463 e. The summed E-state index contributed by atoms with van der Waals surface area (Å²) in [6, 6.07) is -1.24. The van der Waals surface area contributed by atoms with Crippen LogP contribution in [0.1, 0.15) is 87.0 Å². The number of alkyl carbamates (subject to hydrolysis) is 2. The van der Waals surface area contributed by atoms with Gasteiger partial charge < -0.3 is 44.8 Å². The van der Waals surface area contributed by atoms with Gasteiger partial charge in [-0.25, -0.2) is 19.2 Å². The number of esters is 2. The third kappa shape index (κ3) is 15.1. The van der Waals surface area contributed by atoms with E-state index in [4.69, 9.17) is 34.2 Å². The molecule has 2 aliphatic carbocycles. The van der Waals surface area contributed by atoms with Gasteiger partial charge in [0, 0.05) is 35.9 Å². The first-order chi connectivity index (χ1) is 23.9. The number of amides is 2. The molecule has 0 aromatic rings. The van der Waals surface area contributed by atoms with Crippen LogP contribution < -0.4 is 16.4 Å². The van der Waals surface area contributed by atoms with E-state index in [9.17, 15) is 19.2 Å². The highest BCUT2D eigenvalue weighted by atomic mass is 16.6. The molecule has 2 rings (SSSR count). The second-order valence-corrected chi connectivity index (χ2v) is 12.0. The minimum atomic E-state index is -0.605. The average Bonchev–Trinajstić information content (AvgIpc) is 3.10. The van der Waals surface area contributed by atoms with Gasteiger partial charge in [-0.2, -0.15) is 0 Å². The van der Waals surface area contributed by atoms with Crippen molar-refractivity contribution < 1.29 is 47.6 Å². The van der Waals surface area contributed by atoms with E-state index in [1.807, 2.05) is 26.8 Å². The number of carbonyl (C=O) groups excluding carboxylic acids is 4. The van der Waals surface area contributed by atoms with E-state index < -0.39 is 36.3 Å². The first-order valence-electron chi connectivity index (χ1n) is 17.8. The number of nitrogens with one attached hydrogen (secondary N) is 2. The molecule has 0 saturated carbocycles. The Hall–Kier alpha value is -3.68. The Morgan fingerprint density at radius 1 is 0.720 bits per heavy atom. The quantitative estimate of drug-likeness (QED) is 0.0942. The molecular formula is C37H61N3O10. The van der Waals surface area contributed by atoms with Gasteiger partial charge in [0.25, 0.3) is 0 Å². The van der Waals surface area contributed by atoms with Crippen molar-refractivity contribution in [1.82, 2.24) is 10.6 Å². The number of hydrogen-bond acceptors (Lipinski definition) is 11. The molecular weight excluding hydrogens is 646 g/mol. The van der Waals surface area contributed by atoms with Gasteiger partial charge in [0.2, 0.25) is 0 Å². The fourth-order valence-corrected chi connectivity index (χ4v) is 5.48. The smallest absolute Gasteiger partial charge is 0.407 e. The van der Waals surface area contributed by atoms with Crippen molar-refractivity contribution >= 4 is 24.1 Å². The van der Waals surface area contributed by atoms with Crippen molar-refractivity contribution in [3.63, 3.8) is 0 Å². The fraction of sp³-hybridized carbons (Fsp3) is 0.676. The Morgan fingerprint density at radius 3 is 1.54 bits per heavy atom. The highest BCUT2D eigenvalue weighted by molar-refractivity contribution is 5.89. The lowest BCUT2D eigenvalue weighted by molar-refractivity contribution is -0.140. The van der Waals surface area contributed by atoms with Gasteiger partial charge in [-0.3, -0.25) is 0 Å². The maximum absolute atomic E-state index is 12.2. The topological polar surface area (TPSA) is 174 Å². The van der Waals surface area contributed by atoms with E-state index in [-0.39, 0.29) is 62.5 Å². The van der Waals surface area contributed by atoms with Crippen molar-refractivity contribution in [2.75, 3.05) is 26.4 Å². The Balaban J connectivity index is 0.000000500. The van der Waals surface area contributed by atoms with E-state index >= 15 is 0 Å². The molecule has 0 fully saturated rings. The van der Waals surface area contributed by atoms with E-state index in [1.54, 1.807) is 19.9 Å². The predicted molar refractivity (Wildman–Crippen MR) is 191 cm³/mol. The molecule has 0 spiro atoms. The van der Waals surface area contributed by atoms with E-state index in [0.717, 1.165) is 25.7 Å². The molecule has 0 heterocycles. The Bertz CT molecular complexity index is 1060. The van der Waals surface area contributed by atoms with Crippen molar-refractivity contribution in [3.05, 3.63) is 48.6 Å². The Morgan fingerprint density at radius 2 is 1.12 bits per heavy atom. The predicted octanol–water partition coefficient (Wildman–Crippen LogP) is 5.43. The van der Waals surface area contributed by atoms with Crippen molar-refractivity contribution in [2.45, 2.75) is 130 Å². The normalized spacial score (nSPS) is 22.9. The van der Waals surface area contributed by atoms with Crippen molar-refractivity contribution in [2.24, 2.45) is 11.7 Å². The number of hydrogen-bond donors (Lipinski definition) is 3. The molecule has 0 aromatic heterocycles. The van der Waals surface area contributed by atoms with Crippen LogP contribution in [0.5, 0.6) is 0 Å². The van der Waals surface area contributed by atoms with Gasteiger partial charge >= 0.3 is 24.1 Å². The van der Waals surface area contributed by atoms with Crippen molar-refractivity contribution in [1.29, 1.82) is 0 Å². The molecule has 0 aliphatic heterocycles. The molecule has 2 aliphatic rings. The zero-order valence-electron chi connectivity index (χ0n) is 31.1. The number of rotatable bonds is 18. The summed E-state index contributed by atoms with van der Waals surface area (Å²) in [7, 11) is 0. The maximum Gasteiger partial charge on any atom is 0.407 e. The van der Waals surface area contributed by atoms with Crippen LogP contribution in [0.25, 0.3) is 0 Å². The third-order valence-electron chi connectivity index (χ3n) is 8.47. The van der Waals surface area contributed by atoms with Crippen LogP contribution in [0, 0.1) is 5.92 Å². The lowest BCUT2D eigenvalue weighted by Gasteiger charge is -2.36. The summed E-state index contributed by atoms with van der Waals surface area (Å²) in [5.74, 6) is -0.771. The summed E-state index contributed by atoms with van der Waals surface area (Å²) in [5.41, 5.74) is 7.27. The van der Waals surface area contributed by atoms with E-state index in [2.05, 4.69) is 37.6 Å². The molecule has 13 heteroatoms. The largest absolute Gasteiger partial charge is 0.463 e. The molecule has 13 nitrogen and oxygen atoms in total. The van der Waals surface area contributed by atoms with E-state index in [1.165, 1.54) is 12.2 Å². The van der Waals surface area contributed by atoms with Gasteiger partial charge in [-0.15, -0.1) is 0 Å². The molecule has 0 bridgehead atoms. The molecule has 0 saturated heterocycles. The second-order valence-electron chi connectivity index (χ2n) is 12.0. The third-order valence-corrected chi connectivity index (χ3v) is 8.47. The van der Waals surface area contributed by atoms with Crippen LogP contribution in [0.15, 0.2) is 48.6 Å². The highest BCUT2D eigenvalue weighted by Gasteiger charge is 2.37. The minimum absolute atomic E-state index is 0.00931. The first-order valence-corrected chi connectivity index (χ1v) is 17.8. The van der Waals surface area contributed by atoms with Crippen LogP contribution in [0.3, 0.4) is 0 Å². The lowest BCUT2D eigenvalue weighted by Crippen LogP contribution is -2.56. The molecule has 6 atom stereocenters. The number of nitrogens with two attached hydrogens (primary N) is 1. The zero-order chi connectivity index (χ0) is 37.6. The summed E-state index contributed by atoms with van der Waals surface area (Å²) in [6.07, 6.45) is 8.92. The summed E-state index contributed by atoms with van der Waals surface area (Å²) >= 11 is 0. The second kappa shape index (κ2) is 24.5. The average molecular weight is 708 g/mol.